The predicted octanol–water partition coefficient (Wildman–Crippen LogP) is 2.61. The number of amidine groups is 1. The molecule has 0 radical (unpaired) electrons. The Bertz CT molecular complexity index is 445. The van der Waals surface area contributed by atoms with E-state index in [9.17, 15) is 0 Å². The smallest absolute Gasteiger partial charge is 0.124 e. The van der Waals surface area contributed by atoms with Crippen LogP contribution in [0.15, 0.2) is 22.7 Å². The number of anilines is 1. The van der Waals surface area contributed by atoms with E-state index in [0.717, 1.165) is 28.8 Å². The van der Waals surface area contributed by atoms with Crippen molar-refractivity contribution in [1.29, 1.82) is 5.41 Å². The van der Waals surface area contributed by atoms with Crippen LogP contribution in [0, 0.1) is 5.41 Å². The van der Waals surface area contributed by atoms with Gasteiger partial charge in [0.15, 0.2) is 0 Å². The molecule has 0 amide bonds. The fourth-order valence-corrected chi connectivity index (χ4v) is 2.33. The molecule has 0 saturated carbocycles. The highest BCUT2D eigenvalue weighted by Crippen LogP contribution is 2.25. The van der Waals surface area contributed by atoms with Gasteiger partial charge in [-0.3, -0.25) is 5.41 Å². The fraction of sp³-hybridized carbons (Fsp3) is 0.533. The SMILES string of the molecule is CCOCCN(CCOCC)c1cc(Br)ccc1C(=N)N. The Labute approximate surface area is 135 Å². The van der Waals surface area contributed by atoms with Crippen molar-refractivity contribution in [1.82, 2.24) is 0 Å². The third kappa shape index (κ3) is 6.03. The molecule has 0 spiro atoms. The van der Waals surface area contributed by atoms with E-state index in [1.54, 1.807) is 0 Å². The Morgan fingerprint density at radius 1 is 1.19 bits per heavy atom. The van der Waals surface area contributed by atoms with Crippen molar-refractivity contribution < 1.29 is 9.47 Å². The van der Waals surface area contributed by atoms with Crippen LogP contribution in [0.25, 0.3) is 0 Å². The maximum atomic E-state index is 7.74. The highest BCUT2D eigenvalue weighted by molar-refractivity contribution is 9.10. The average molecular weight is 358 g/mol. The van der Waals surface area contributed by atoms with Gasteiger partial charge in [-0.2, -0.15) is 0 Å². The van der Waals surface area contributed by atoms with Crippen LogP contribution < -0.4 is 10.6 Å². The molecule has 3 N–H and O–H groups in total. The normalized spacial score (nSPS) is 10.6. The molecule has 0 unspecified atom stereocenters. The molecule has 0 atom stereocenters. The summed E-state index contributed by atoms with van der Waals surface area (Å²) in [4.78, 5) is 2.15. The molecule has 1 rings (SSSR count). The molecular formula is C15H24BrN3O2. The first kappa shape index (κ1) is 17.9. The zero-order valence-corrected chi connectivity index (χ0v) is 14.3. The standard InChI is InChI=1S/C15H24BrN3O2/c1-3-20-9-7-19(8-10-21-4-2)14-11-12(16)5-6-13(14)15(17)18/h5-6,11H,3-4,7-10H2,1-2H3,(H3,17,18). The Balaban J connectivity index is 2.93. The van der Waals surface area contributed by atoms with Crippen LogP contribution in [0.1, 0.15) is 19.4 Å². The number of ether oxygens (including phenoxy) is 2. The maximum absolute atomic E-state index is 7.74. The molecule has 0 fully saturated rings. The molecule has 0 aliphatic heterocycles. The van der Waals surface area contributed by atoms with Gasteiger partial charge in [0, 0.05) is 42.0 Å². The third-order valence-corrected chi connectivity index (χ3v) is 3.50. The van der Waals surface area contributed by atoms with Crippen LogP contribution in [-0.4, -0.2) is 45.4 Å². The average Bonchev–Trinajstić information content (AvgIpc) is 2.45. The number of hydrogen-bond acceptors (Lipinski definition) is 4. The second kappa shape index (κ2) is 9.76. The second-order valence-electron chi connectivity index (χ2n) is 4.46. The van der Waals surface area contributed by atoms with Crippen LogP contribution in [0.2, 0.25) is 0 Å². The van der Waals surface area contributed by atoms with Crippen LogP contribution in [0.3, 0.4) is 0 Å². The molecule has 1 aromatic rings. The summed E-state index contributed by atoms with van der Waals surface area (Å²) in [5.41, 5.74) is 7.35. The minimum absolute atomic E-state index is 0.0651. The van der Waals surface area contributed by atoms with Gasteiger partial charge in [-0.15, -0.1) is 0 Å². The van der Waals surface area contributed by atoms with E-state index in [1.165, 1.54) is 0 Å². The Kier molecular flexibility index (Phi) is 8.34. The Morgan fingerprint density at radius 3 is 2.24 bits per heavy atom. The molecular weight excluding hydrogens is 334 g/mol. The second-order valence-corrected chi connectivity index (χ2v) is 5.37. The molecule has 0 bridgehead atoms. The first-order valence-corrected chi connectivity index (χ1v) is 7.93. The Morgan fingerprint density at radius 2 is 1.76 bits per heavy atom. The number of rotatable bonds is 10. The highest BCUT2D eigenvalue weighted by Gasteiger charge is 2.13. The molecule has 6 heteroatoms. The van der Waals surface area contributed by atoms with Gasteiger partial charge in [-0.25, -0.2) is 0 Å². The minimum atomic E-state index is 0.0651. The molecule has 0 aromatic heterocycles. The number of nitrogens with one attached hydrogen (secondary N) is 1. The van der Waals surface area contributed by atoms with Crippen LogP contribution >= 0.6 is 15.9 Å². The lowest BCUT2D eigenvalue weighted by atomic mass is 10.1. The van der Waals surface area contributed by atoms with Gasteiger partial charge in [-0.1, -0.05) is 15.9 Å². The van der Waals surface area contributed by atoms with E-state index in [1.807, 2.05) is 32.0 Å². The largest absolute Gasteiger partial charge is 0.384 e. The summed E-state index contributed by atoms with van der Waals surface area (Å²) in [6, 6.07) is 5.73. The van der Waals surface area contributed by atoms with Crippen molar-refractivity contribution in [2.24, 2.45) is 5.73 Å². The van der Waals surface area contributed by atoms with Gasteiger partial charge in [-0.05, 0) is 32.0 Å². The van der Waals surface area contributed by atoms with Crippen molar-refractivity contribution in [3.8, 4) is 0 Å². The fourth-order valence-electron chi connectivity index (χ4n) is 1.99. The molecule has 1 aromatic carbocycles. The summed E-state index contributed by atoms with van der Waals surface area (Å²) >= 11 is 3.48. The number of nitrogen functional groups attached to an aromatic ring is 1. The number of nitrogens with zero attached hydrogens (tertiary/aromatic N) is 1. The van der Waals surface area contributed by atoms with Crippen LogP contribution in [0.4, 0.5) is 5.69 Å². The van der Waals surface area contributed by atoms with Gasteiger partial charge in [0.1, 0.15) is 5.84 Å². The summed E-state index contributed by atoms with van der Waals surface area (Å²) in [5.74, 6) is 0.0651. The van der Waals surface area contributed by atoms with Gasteiger partial charge in [0.25, 0.3) is 0 Å². The van der Waals surface area contributed by atoms with E-state index in [4.69, 9.17) is 20.6 Å². The zero-order chi connectivity index (χ0) is 15.7. The van der Waals surface area contributed by atoms with E-state index >= 15 is 0 Å². The lowest BCUT2D eigenvalue weighted by Crippen LogP contribution is -2.33. The lowest BCUT2D eigenvalue weighted by molar-refractivity contribution is 0.141. The summed E-state index contributed by atoms with van der Waals surface area (Å²) in [6.07, 6.45) is 0. The van der Waals surface area contributed by atoms with Crippen molar-refractivity contribution in [3.63, 3.8) is 0 Å². The van der Waals surface area contributed by atoms with Crippen molar-refractivity contribution in [3.05, 3.63) is 28.2 Å². The maximum Gasteiger partial charge on any atom is 0.124 e. The first-order chi connectivity index (χ1) is 10.1. The van der Waals surface area contributed by atoms with E-state index in [2.05, 4.69) is 20.8 Å². The van der Waals surface area contributed by atoms with E-state index < -0.39 is 0 Å². The van der Waals surface area contributed by atoms with E-state index in [-0.39, 0.29) is 5.84 Å². The molecule has 0 heterocycles. The number of nitrogens with two attached hydrogens (primary N) is 1. The zero-order valence-electron chi connectivity index (χ0n) is 12.7. The summed E-state index contributed by atoms with van der Waals surface area (Å²) in [6.45, 7) is 8.07. The number of halogens is 1. The first-order valence-electron chi connectivity index (χ1n) is 7.14. The quantitative estimate of drug-likeness (QED) is 0.383. The molecule has 0 aliphatic rings. The minimum Gasteiger partial charge on any atom is -0.384 e. The number of hydrogen-bond donors (Lipinski definition) is 2. The van der Waals surface area contributed by atoms with Crippen LogP contribution in [0.5, 0.6) is 0 Å². The number of benzene rings is 1. The summed E-state index contributed by atoms with van der Waals surface area (Å²) < 4.78 is 11.8. The lowest BCUT2D eigenvalue weighted by Gasteiger charge is -2.27. The van der Waals surface area contributed by atoms with Crippen LogP contribution in [-0.2, 0) is 9.47 Å². The van der Waals surface area contributed by atoms with Gasteiger partial charge in [0.2, 0.25) is 0 Å². The summed E-state index contributed by atoms with van der Waals surface area (Å²) in [5, 5.41) is 7.74. The van der Waals surface area contributed by atoms with E-state index in [0.29, 0.717) is 26.4 Å². The third-order valence-electron chi connectivity index (χ3n) is 3.01. The predicted molar refractivity (Wildman–Crippen MR) is 90.4 cm³/mol. The molecule has 118 valence electrons. The highest BCUT2D eigenvalue weighted by atomic mass is 79.9. The molecule has 5 nitrogen and oxygen atoms in total. The van der Waals surface area contributed by atoms with Crippen molar-refractivity contribution in [2.75, 3.05) is 44.4 Å². The monoisotopic (exact) mass is 357 g/mol. The molecule has 21 heavy (non-hydrogen) atoms. The summed E-state index contributed by atoms with van der Waals surface area (Å²) in [7, 11) is 0. The van der Waals surface area contributed by atoms with Crippen molar-refractivity contribution >= 4 is 27.5 Å². The van der Waals surface area contributed by atoms with Gasteiger partial charge in [0.05, 0.1) is 13.2 Å². The molecule has 0 aliphatic carbocycles. The van der Waals surface area contributed by atoms with Crippen molar-refractivity contribution in [2.45, 2.75) is 13.8 Å². The molecule has 0 saturated heterocycles. The van der Waals surface area contributed by atoms with Gasteiger partial charge >= 0.3 is 0 Å². The topological polar surface area (TPSA) is 71.6 Å². The Hall–Kier alpha value is -1.11. The van der Waals surface area contributed by atoms with Gasteiger partial charge < -0.3 is 20.1 Å².